The van der Waals surface area contributed by atoms with Gasteiger partial charge in [-0.25, -0.2) is 4.98 Å². The Hall–Kier alpha value is -0.725. The molecule has 3 heteroatoms. The fourth-order valence-electron chi connectivity index (χ4n) is 0.267. The second kappa shape index (κ2) is 1.16. The van der Waals surface area contributed by atoms with Gasteiger partial charge in [0.2, 0.25) is 0 Å². The fraction of sp³-hybridized carbons (Fsp3) is 0. The van der Waals surface area contributed by atoms with E-state index in [1.165, 1.54) is 6.33 Å². The number of hydrogen-bond acceptors (Lipinski definition) is 1. The van der Waals surface area contributed by atoms with E-state index in [-0.39, 0.29) is 0 Å². The maximum absolute atomic E-state index is 5.16. The van der Waals surface area contributed by atoms with E-state index >= 15 is 0 Å². The average molecular weight is 77.9 g/mol. The van der Waals surface area contributed by atoms with Crippen LogP contribution in [0.3, 0.4) is 0 Å². The number of rotatable bonds is 0. The first-order valence-corrected chi connectivity index (χ1v) is 1.63. The normalized spacial score (nSPS) is 8.67. The first-order valence-electron chi connectivity index (χ1n) is 1.63. The van der Waals surface area contributed by atoms with Gasteiger partial charge in [-0.2, -0.15) is 0 Å². The minimum Gasteiger partial charge on any atom is -0.358 e. The lowest BCUT2D eigenvalue weighted by atomic mass is 10.1. The summed E-state index contributed by atoms with van der Waals surface area (Å²) in [6.07, 6.45) is 3.09. The third-order valence-electron chi connectivity index (χ3n) is 0.519. The molecule has 0 saturated heterocycles. The van der Waals surface area contributed by atoms with Gasteiger partial charge >= 0.3 is 0 Å². The zero-order chi connectivity index (χ0) is 4.41. The van der Waals surface area contributed by atoms with Crippen molar-refractivity contribution < 1.29 is 0 Å². The van der Waals surface area contributed by atoms with Gasteiger partial charge in [-0.3, -0.25) is 0 Å². The zero-order valence-electron chi connectivity index (χ0n) is 3.18. The molecule has 28 valence electrons. The topological polar surface area (TPSA) is 28.7 Å². The monoisotopic (exact) mass is 78.0 g/mol. The molecular weight excluding hydrogens is 74.9 g/mol. The number of nitrogens with zero attached hydrogens (tertiary/aromatic N) is 1. The standard InChI is InChI=1S/C3H3BN2/c4-3-1-5-2-6-3/h1-2H,(H,5,6). The molecule has 0 aliphatic carbocycles. The molecule has 0 fully saturated rings. The third kappa shape index (κ3) is 0.430. The molecular formula is C3H3BN2. The van der Waals surface area contributed by atoms with Crippen LogP contribution in [0.15, 0.2) is 12.5 Å². The molecule has 0 amide bonds. The van der Waals surface area contributed by atoms with Crippen molar-refractivity contribution >= 4 is 13.4 Å². The molecule has 0 spiro atoms. The van der Waals surface area contributed by atoms with Crippen molar-refractivity contribution in [3.8, 4) is 0 Å². The lowest BCUT2D eigenvalue weighted by Crippen LogP contribution is -1.99. The Kier molecular flexibility index (Phi) is 0.672. The number of aromatic amines is 1. The van der Waals surface area contributed by atoms with Crippen LogP contribution in [0.5, 0.6) is 0 Å². The Labute approximate surface area is 37.0 Å². The number of imidazole rings is 1. The van der Waals surface area contributed by atoms with Crippen LogP contribution in [0.4, 0.5) is 0 Å². The fourth-order valence-corrected chi connectivity index (χ4v) is 0.267. The molecule has 0 aliphatic rings. The van der Waals surface area contributed by atoms with Crippen LogP contribution in [-0.2, 0) is 0 Å². The smallest absolute Gasteiger partial charge is 0.140 e. The van der Waals surface area contributed by atoms with Crippen LogP contribution >= 0.6 is 0 Å². The zero-order valence-corrected chi connectivity index (χ0v) is 3.18. The summed E-state index contributed by atoms with van der Waals surface area (Å²) in [7, 11) is 5.16. The van der Waals surface area contributed by atoms with Gasteiger partial charge in [0.05, 0.1) is 6.33 Å². The molecule has 1 N–H and O–H groups in total. The highest BCUT2D eigenvalue weighted by Crippen LogP contribution is 1.58. The van der Waals surface area contributed by atoms with Crippen molar-refractivity contribution in [2.45, 2.75) is 0 Å². The van der Waals surface area contributed by atoms with Crippen molar-refractivity contribution in [3.63, 3.8) is 0 Å². The molecule has 0 unspecified atom stereocenters. The first-order chi connectivity index (χ1) is 2.89. The van der Waals surface area contributed by atoms with E-state index in [9.17, 15) is 0 Å². The highest BCUT2D eigenvalue weighted by Gasteiger charge is 1.73. The molecule has 0 aliphatic heterocycles. The Balaban J connectivity index is 3.05. The van der Waals surface area contributed by atoms with E-state index in [0.29, 0.717) is 5.59 Å². The molecule has 1 aromatic heterocycles. The van der Waals surface area contributed by atoms with Crippen molar-refractivity contribution in [2.24, 2.45) is 0 Å². The third-order valence-corrected chi connectivity index (χ3v) is 0.519. The summed E-state index contributed by atoms with van der Waals surface area (Å²) in [6.45, 7) is 0. The van der Waals surface area contributed by atoms with E-state index < -0.39 is 0 Å². The lowest BCUT2D eigenvalue weighted by Gasteiger charge is -1.67. The Bertz CT molecular complexity index is 112. The maximum Gasteiger partial charge on any atom is 0.140 e. The van der Waals surface area contributed by atoms with Gasteiger partial charge in [0.15, 0.2) is 0 Å². The summed E-state index contributed by atoms with van der Waals surface area (Å²) < 4.78 is 0. The Morgan fingerprint density at radius 1 is 1.83 bits per heavy atom. The predicted octanol–water partition coefficient (Wildman–Crippen LogP) is -0.796. The maximum atomic E-state index is 5.16. The molecule has 0 aromatic carbocycles. The summed E-state index contributed by atoms with van der Waals surface area (Å²) in [5.41, 5.74) is 0.606. The number of hydrogen-bond donors (Lipinski definition) is 1. The first kappa shape index (κ1) is 3.46. The summed E-state index contributed by atoms with van der Waals surface area (Å²) in [6, 6.07) is 0. The van der Waals surface area contributed by atoms with Gasteiger partial charge < -0.3 is 4.98 Å². The SMILES string of the molecule is [B]c1cnc[nH]1. The molecule has 1 rings (SSSR count). The molecule has 1 aromatic rings. The lowest BCUT2D eigenvalue weighted by molar-refractivity contribution is 1.32. The average Bonchev–Trinajstić information content (AvgIpc) is 1.86. The molecule has 0 atom stereocenters. The quantitative estimate of drug-likeness (QED) is 0.404. The Morgan fingerprint density at radius 3 is 2.83 bits per heavy atom. The molecule has 0 bridgehead atoms. The summed E-state index contributed by atoms with van der Waals surface area (Å²) in [5, 5.41) is 0. The second-order valence-electron chi connectivity index (χ2n) is 1.01. The van der Waals surface area contributed by atoms with Gasteiger partial charge in [-0.15, -0.1) is 0 Å². The molecule has 6 heavy (non-hydrogen) atoms. The molecule has 2 radical (unpaired) electrons. The van der Waals surface area contributed by atoms with E-state index in [2.05, 4.69) is 9.97 Å². The highest BCUT2D eigenvalue weighted by atomic mass is 14.8. The van der Waals surface area contributed by atoms with E-state index in [4.69, 9.17) is 7.85 Å². The van der Waals surface area contributed by atoms with Crippen LogP contribution < -0.4 is 5.59 Å². The molecule has 1 heterocycles. The summed E-state index contributed by atoms with van der Waals surface area (Å²) in [5.74, 6) is 0. The minimum absolute atomic E-state index is 0.606. The van der Waals surface area contributed by atoms with Gasteiger partial charge in [0.1, 0.15) is 7.85 Å². The van der Waals surface area contributed by atoms with Gasteiger partial charge in [0.25, 0.3) is 0 Å². The second-order valence-corrected chi connectivity index (χ2v) is 1.01. The van der Waals surface area contributed by atoms with Gasteiger partial charge in [-0.1, -0.05) is 0 Å². The van der Waals surface area contributed by atoms with E-state index in [1.54, 1.807) is 6.20 Å². The van der Waals surface area contributed by atoms with E-state index in [1.807, 2.05) is 0 Å². The van der Waals surface area contributed by atoms with Crippen LogP contribution in [0.25, 0.3) is 0 Å². The van der Waals surface area contributed by atoms with Crippen LogP contribution in [0.1, 0.15) is 0 Å². The van der Waals surface area contributed by atoms with E-state index in [0.717, 1.165) is 0 Å². The van der Waals surface area contributed by atoms with Crippen molar-refractivity contribution in [1.29, 1.82) is 0 Å². The predicted molar refractivity (Wildman–Crippen MR) is 24.0 cm³/mol. The van der Waals surface area contributed by atoms with Crippen LogP contribution in [-0.4, -0.2) is 17.8 Å². The number of nitrogens with one attached hydrogen (secondary N) is 1. The summed E-state index contributed by atoms with van der Waals surface area (Å²) in [4.78, 5) is 6.31. The summed E-state index contributed by atoms with van der Waals surface area (Å²) >= 11 is 0. The van der Waals surface area contributed by atoms with Crippen molar-refractivity contribution in [2.75, 3.05) is 0 Å². The molecule has 2 nitrogen and oxygen atoms in total. The van der Waals surface area contributed by atoms with Crippen LogP contribution in [0, 0.1) is 0 Å². The number of H-pyrrole nitrogens is 1. The highest BCUT2D eigenvalue weighted by molar-refractivity contribution is 6.30. The van der Waals surface area contributed by atoms with Gasteiger partial charge in [-0.05, 0) is 5.59 Å². The minimum atomic E-state index is 0.606. The number of aromatic nitrogens is 2. The Morgan fingerprint density at radius 2 is 2.67 bits per heavy atom. The van der Waals surface area contributed by atoms with Crippen molar-refractivity contribution in [3.05, 3.63) is 12.5 Å². The largest absolute Gasteiger partial charge is 0.358 e. The van der Waals surface area contributed by atoms with Crippen molar-refractivity contribution in [1.82, 2.24) is 9.97 Å². The van der Waals surface area contributed by atoms with Gasteiger partial charge in [0, 0.05) is 6.20 Å². The van der Waals surface area contributed by atoms with Crippen LogP contribution in [0.2, 0.25) is 0 Å². The molecule has 0 saturated carbocycles.